The largest absolute Gasteiger partial charge is 0.355 e. The van der Waals surface area contributed by atoms with E-state index in [1.807, 2.05) is 0 Å². The fourth-order valence-corrected chi connectivity index (χ4v) is 3.21. The van der Waals surface area contributed by atoms with Crippen LogP contribution >= 0.6 is 0 Å². The predicted octanol–water partition coefficient (Wildman–Crippen LogP) is 1.13. The van der Waals surface area contributed by atoms with Crippen molar-refractivity contribution in [1.82, 2.24) is 20.9 Å². The van der Waals surface area contributed by atoms with Crippen LogP contribution in [-0.4, -0.2) is 62.6 Å². The van der Waals surface area contributed by atoms with Gasteiger partial charge in [-0.05, 0) is 43.6 Å². The zero-order chi connectivity index (χ0) is 18.8. The van der Waals surface area contributed by atoms with E-state index in [2.05, 4.69) is 32.8 Å². The third-order valence-corrected chi connectivity index (χ3v) is 4.65. The molecule has 1 aromatic carbocycles. The molecule has 1 fully saturated rings. The molecular weight excluding hydrogens is 333 g/mol. The van der Waals surface area contributed by atoms with Crippen LogP contribution in [0.1, 0.15) is 25.3 Å². The maximum absolute atomic E-state index is 12.9. The minimum absolute atomic E-state index is 0.0779. The molecule has 6 nitrogen and oxygen atoms in total. The summed E-state index contributed by atoms with van der Waals surface area (Å²) in [5.41, 5.74) is 0.798. The molecule has 1 saturated heterocycles. The number of rotatable bonds is 8. The fraction of sp³-hybridized carbons (Fsp3) is 0.579. The van der Waals surface area contributed by atoms with Gasteiger partial charge >= 0.3 is 0 Å². The van der Waals surface area contributed by atoms with Crippen molar-refractivity contribution in [2.24, 2.45) is 4.99 Å². The van der Waals surface area contributed by atoms with Crippen LogP contribution < -0.4 is 16.0 Å². The van der Waals surface area contributed by atoms with Crippen molar-refractivity contribution in [2.75, 3.05) is 39.8 Å². The number of halogens is 1. The first-order chi connectivity index (χ1) is 12.6. The van der Waals surface area contributed by atoms with Gasteiger partial charge in [0, 0.05) is 32.7 Å². The molecule has 0 bridgehead atoms. The summed E-state index contributed by atoms with van der Waals surface area (Å²) in [6.45, 7) is 6.43. The molecule has 0 radical (unpaired) electrons. The second-order valence-electron chi connectivity index (χ2n) is 6.46. The zero-order valence-corrected chi connectivity index (χ0v) is 15.7. The number of hydrogen-bond donors (Lipinski definition) is 3. The van der Waals surface area contributed by atoms with Gasteiger partial charge < -0.3 is 16.0 Å². The molecule has 2 rings (SSSR count). The van der Waals surface area contributed by atoms with E-state index >= 15 is 0 Å². The number of amides is 1. The SMILES string of the molecule is CCN1CCCC1CNC(=NC)NCCNC(=O)Cc1ccc(F)cc1. The Morgan fingerprint density at radius 2 is 1.96 bits per heavy atom. The Labute approximate surface area is 155 Å². The first-order valence-corrected chi connectivity index (χ1v) is 9.32. The van der Waals surface area contributed by atoms with E-state index in [-0.39, 0.29) is 18.1 Å². The molecule has 7 heteroatoms. The van der Waals surface area contributed by atoms with Crippen LogP contribution in [0, 0.1) is 5.82 Å². The van der Waals surface area contributed by atoms with Gasteiger partial charge in [-0.1, -0.05) is 19.1 Å². The van der Waals surface area contributed by atoms with E-state index in [4.69, 9.17) is 0 Å². The first-order valence-electron chi connectivity index (χ1n) is 9.32. The van der Waals surface area contributed by atoms with Gasteiger partial charge in [0.05, 0.1) is 6.42 Å². The van der Waals surface area contributed by atoms with Crippen LogP contribution in [0.2, 0.25) is 0 Å². The second-order valence-corrected chi connectivity index (χ2v) is 6.46. The van der Waals surface area contributed by atoms with Gasteiger partial charge in [0.1, 0.15) is 5.82 Å². The highest BCUT2D eigenvalue weighted by Gasteiger charge is 2.22. The lowest BCUT2D eigenvalue weighted by atomic mass is 10.1. The molecule has 1 aliphatic heterocycles. The Bertz CT molecular complexity index is 590. The van der Waals surface area contributed by atoms with Crippen molar-refractivity contribution < 1.29 is 9.18 Å². The third-order valence-electron chi connectivity index (χ3n) is 4.65. The second kappa shape index (κ2) is 10.8. The number of carbonyl (C=O) groups is 1. The molecular formula is C19H30FN5O. The quantitative estimate of drug-likeness (QED) is 0.368. The number of hydrogen-bond acceptors (Lipinski definition) is 3. The number of nitrogens with zero attached hydrogens (tertiary/aromatic N) is 2. The highest BCUT2D eigenvalue weighted by molar-refractivity contribution is 5.80. The summed E-state index contributed by atoms with van der Waals surface area (Å²) in [6.07, 6.45) is 2.73. The predicted molar refractivity (Wildman–Crippen MR) is 103 cm³/mol. The zero-order valence-electron chi connectivity index (χ0n) is 15.7. The van der Waals surface area contributed by atoms with Crippen LogP contribution in [0.15, 0.2) is 29.3 Å². The highest BCUT2D eigenvalue weighted by atomic mass is 19.1. The molecule has 0 aromatic heterocycles. The molecule has 0 saturated carbocycles. The van der Waals surface area contributed by atoms with Gasteiger partial charge in [-0.2, -0.15) is 0 Å². The molecule has 1 unspecified atom stereocenters. The molecule has 0 spiro atoms. The highest BCUT2D eigenvalue weighted by Crippen LogP contribution is 2.15. The number of likely N-dealkylation sites (N-methyl/N-ethyl adjacent to an activating group) is 1. The van der Waals surface area contributed by atoms with E-state index in [0.717, 1.165) is 24.6 Å². The maximum Gasteiger partial charge on any atom is 0.224 e. The normalized spacial score (nSPS) is 18.0. The number of benzene rings is 1. The molecule has 144 valence electrons. The lowest BCUT2D eigenvalue weighted by Crippen LogP contribution is -2.46. The van der Waals surface area contributed by atoms with Crippen LogP contribution in [0.4, 0.5) is 4.39 Å². The third kappa shape index (κ3) is 6.63. The molecule has 1 atom stereocenters. The van der Waals surface area contributed by atoms with Gasteiger partial charge in [0.15, 0.2) is 5.96 Å². The van der Waals surface area contributed by atoms with Crippen LogP contribution in [0.3, 0.4) is 0 Å². The smallest absolute Gasteiger partial charge is 0.224 e. The summed E-state index contributed by atoms with van der Waals surface area (Å²) < 4.78 is 12.9. The van der Waals surface area contributed by atoms with E-state index < -0.39 is 0 Å². The Hall–Kier alpha value is -2.15. The molecule has 0 aliphatic carbocycles. The van der Waals surface area contributed by atoms with Gasteiger partial charge in [0.25, 0.3) is 0 Å². The Balaban J connectivity index is 1.61. The van der Waals surface area contributed by atoms with Crippen molar-refractivity contribution in [1.29, 1.82) is 0 Å². The monoisotopic (exact) mass is 363 g/mol. The lowest BCUT2D eigenvalue weighted by Gasteiger charge is -2.24. The standard InChI is InChI=1S/C19H30FN5O/c1-3-25-12-4-5-17(25)14-24-19(21-2)23-11-10-22-18(26)13-15-6-8-16(20)9-7-15/h6-9,17H,3-5,10-14H2,1-2H3,(H,22,26)(H2,21,23,24). The number of likely N-dealkylation sites (tertiary alicyclic amines) is 1. The average molecular weight is 363 g/mol. The topological polar surface area (TPSA) is 68.8 Å². The first kappa shape index (κ1) is 20.2. The Morgan fingerprint density at radius 3 is 2.65 bits per heavy atom. The van der Waals surface area contributed by atoms with Crippen molar-refractivity contribution >= 4 is 11.9 Å². The molecule has 26 heavy (non-hydrogen) atoms. The van der Waals surface area contributed by atoms with Gasteiger partial charge in [-0.3, -0.25) is 14.7 Å². The summed E-state index contributed by atoms with van der Waals surface area (Å²) in [4.78, 5) is 18.6. The number of aliphatic imine (C=N–C) groups is 1. The minimum atomic E-state index is -0.295. The summed E-state index contributed by atoms with van der Waals surface area (Å²) in [5, 5.41) is 9.42. The van der Waals surface area contributed by atoms with Gasteiger partial charge in [-0.25, -0.2) is 4.39 Å². The van der Waals surface area contributed by atoms with Crippen LogP contribution in [-0.2, 0) is 11.2 Å². The Kier molecular flexibility index (Phi) is 8.34. The van der Waals surface area contributed by atoms with Crippen LogP contribution in [0.5, 0.6) is 0 Å². The molecule has 1 amide bonds. The van der Waals surface area contributed by atoms with E-state index in [1.54, 1.807) is 19.2 Å². The maximum atomic E-state index is 12.9. The van der Waals surface area contributed by atoms with Crippen molar-refractivity contribution in [3.8, 4) is 0 Å². The van der Waals surface area contributed by atoms with E-state index in [1.165, 1.54) is 31.5 Å². The minimum Gasteiger partial charge on any atom is -0.355 e. The van der Waals surface area contributed by atoms with Crippen LogP contribution in [0.25, 0.3) is 0 Å². The number of carbonyl (C=O) groups excluding carboxylic acids is 1. The molecule has 1 heterocycles. The number of nitrogens with one attached hydrogen (secondary N) is 3. The Morgan fingerprint density at radius 1 is 1.23 bits per heavy atom. The average Bonchev–Trinajstić information content (AvgIpc) is 3.10. The molecule has 3 N–H and O–H groups in total. The van der Waals surface area contributed by atoms with Gasteiger partial charge in [0.2, 0.25) is 5.91 Å². The van der Waals surface area contributed by atoms with Crippen molar-refractivity contribution in [3.05, 3.63) is 35.6 Å². The molecule has 1 aromatic rings. The summed E-state index contributed by atoms with van der Waals surface area (Å²) in [5.74, 6) is 0.378. The summed E-state index contributed by atoms with van der Waals surface area (Å²) in [6, 6.07) is 6.55. The van der Waals surface area contributed by atoms with Crippen molar-refractivity contribution in [3.63, 3.8) is 0 Å². The summed E-state index contributed by atoms with van der Waals surface area (Å²) in [7, 11) is 1.74. The number of guanidine groups is 1. The lowest BCUT2D eigenvalue weighted by molar-refractivity contribution is -0.120. The van der Waals surface area contributed by atoms with Crippen molar-refractivity contribution in [2.45, 2.75) is 32.2 Å². The van der Waals surface area contributed by atoms with E-state index in [9.17, 15) is 9.18 Å². The molecule has 1 aliphatic rings. The van der Waals surface area contributed by atoms with Gasteiger partial charge in [-0.15, -0.1) is 0 Å². The fourth-order valence-electron chi connectivity index (χ4n) is 3.21. The van der Waals surface area contributed by atoms with E-state index in [0.29, 0.717) is 19.1 Å². The summed E-state index contributed by atoms with van der Waals surface area (Å²) >= 11 is 0.